The molecule has 100 valence electrons. The van der Waals surface area contributed by atoms with Crippen molar-refractivity contribution in [2.24, 2.45) is 11.5 Å². The maximum absolute atomic E-state index is 11.0. The van der Waals surface area contributed by atoms with Crippen molar-refractivity contribution in [3.63, 3.8) is 0 Å². The van der Waals surface area contributed by atoms with Crippen molar-refractivity contribution >= 4 is 22.8 Å². The van der Waals surface area contributed by atoms with Crippen molar-refractivity contribution < 1.29 is 14.7 Å². The number of carbonyl (C=O) groups excluding carboxylic acids is 1. The van der Waals surface area contributed by atoms with Crippen LogP contribution in [0.1, 0.15) is 5.56 Å². The Morgan fingerprint density at radius 3 is 2.63 bits per heavy atom. The Labute approximate surface area is 109 Å². The van der Waals surface area contributed by atoms with Crippen molar-refractivity contribution in [2.75, 3.05) is 0 Å². The van der Waals surface area contributed by atoms with Gasteiger partial charge >= 0.3 is 5.97 Å². The minimum atomic E-state index is -1.05. The van der Waals surface area contributed by atoms with Crippen LogP contribution in [0.4, 0.5) is 0 Å². The first-order valence-corrected chi connectivity index (χ1v) is 5.82. The molecule has 0 saturated carbocycles. The van der Waals surface area contributed by atoms with Crippen LogP contribution in [0.2, 0.25) is 0 Å². The lowest BCUT2D eigenvalue weighted by Gasteiger charge is -2.04. The van der Waals surface area contributed by atoms with Gasteiger partial charge in [-0.05, 0) is 11.6 Å². The zero-order valence-corrected chi connectivity index (χ0v) is 10.2. The summed E-state index contributed by atoms with van der Waals surface area (Å²) in [5, 5.41) is 9.75. The molecule has 0 saturated heterocycles. The van der Waals surface area contributed by atoms with Gasteiger partial charge in [-0.25, -0.2) is 0 Å². The van der Waals surface area contributed by atoms with Crippen molar-refractivity contribution in [3.8, 4) is 0 Å². The first-order valence-electron chi connectivity index (χ1n) is 5.82. The van der Waals surface area contributed by atoms with Crippen molar-refractivity contribution in [3.05, 3.63) is 36.0 Å². The van der Waals surface area contributed by atoms with Gasteiger partial charge in [-0.3, -0.25) is 9.59 Å². The number of amides is 1. The molecule has 19 heavy (non-hydrogen) atoms. The molecule has 0 spiro atoms. The SMILES string of the molecule is NC(=O)Cn1cc(C[C@H](N)C(=O)O)c2ccccc21. The number of aliphatic carboxylic acids is 1. The van der Waals surface area contributed by atoms with Crippen LogP contribution in [-0.4, -0.2) is 27.6 Å². The monoisotopic (exact) mass is 261 g/mol. The summed E-state index contributed by atoms with van der Waals surface area (Å²) in [5.41, 5.74) is 12.4. The molecule has 0 bridgehead atoms. The summed E-state index contributed by atoms with van der Waals surface area (Å²) < 4.78 is 1.71. The van der Waals surface area contributed by atoms with Gasteiger partial charge < -0.3 is 21.1 Å². The third-order valence-electron chi connectivity index (χ3n) is 2.95. The molecule has 1 atom stereocenters. The predicted molar refractivity (Wildman–Crippen MR) is 70.4 cm³/mol. The lowest BCUT2D eigenvalue weighted by molar-refractivity contribution is -0.138. The first-order chi connectivity index (χ1) is 8.99. The molecule has 0 aliphatic rings. The number of benzene rings is 1. The van der Waals surface area contributed by atoms with Gasteiger partial charge in [-0.2, -0.15) is 0 Å². The second-order valence-corrected chi connectivity index (χ2v) is 4.41. The maximum Gasteiger partial charge on any atom is 0.320 e. The molecular weight excluding hydrogens is 246 g/mol. The molecule has 0 radical (unpaired) electrons. The molecule has 0 fully saturated rings. The topological polar surface area (TPSA) is 111 Å². The number of aromatic nitrogens is 1. The Balaban J connectivity index is 2.44. The molecule has 1 heterocycles. The van der Waals surface area contributed by atoms with Crippen molar-refractivity contribution in [1.29, 1.82) is 0 Å². The number of nitrogens with two attached hydrogens (primary N) is 2. The largest absolute Gasteiger partial charge is 0.480 e. The Kier molecular flexibility index (Phi) is 3.52. The van der Waals surface area contributed by atoms with Crippen LogP contribution >= 0.6 is 0 Å². The second kappa shape index (κ2) is 5.11. The molecule has 1 aromatic carbocycles. The van der Waals surface area contributed by atoms with Crippen molar-refractivity contribution in [1.82, 2.24) is 4.57 Å². The average Bonchev–Trinajstić information content (AvgIpc) is 2.67. The molecule has 2 rings (SSSR count). The van der Waals surface area contributed by atoms with E-state index in [-0.39, 0.29) is 13.0 Å². The van der Waals surface area contributed by atoms with Crippen LogP contribution in [-0.2, 0) is 22.6 Å². The minimum Gasteiger partial charge on any atom is -0.480 e. The normalized spacial score (nSPS) is 12.5. The Bertz CT molecular complexity index is 633. The predicted octanol–water partition coefficient (Wildman–Crippen LogP) is 0.0810. The summed E-state index contributed by atoms with van der Waals surface area (Å²) in [5.74, 6) is -1.50. The molecule has 0 aliphatic heterocycles. The third-order valence-corrected chi connectivity index (χ3v) is 2.95. The number of fused-ring (bicyclic) bond motifs is 1. The number of carbonyl (C=O) groups is 2. The molecular formula is C13H15N3O3. The van der Waals surface area contributed by atoms with Crippen LogP contribution in [0.5, 0.6) is 0 Å². The highest BCUT2D eigenvalue weighted by Gasteiger charge is 2.16. The summed E-state index contributed by atoms with van der Waals surface area (Å²) >= 11 is 0. The molecule has 6 heteroatoms. The maximum atomic E-state index is 11.0. The molecule has 2 aromatic rings. The summed E-state index contributed by atoms with van der Waals surface area (Å²) in [4.78, 5) is 21.9. The van der Waals surface area contributed by atoms with Crippen LogP contribution < -0.4 is 11.5 Å². The van der Waals surface area contributed by atoms with Gasteiger partial charge in [0, 0.05) is 23.5 Å². The third kappa shape index (κ3) is 2.74. The summed E-state index contributed by atoms with van der Waals surface area (Å²) in [6.07, 6.45) is 1.94. The lowest BCUT2D eigenvalue weighted by Crippen LogP contribution is -2.32. The minimum absolute atomic E-state index is 0.0584. The van der Waals surface area contributed by atoms with E-state index in [2.05, 4.69) is 0 Å². The fraction of sp³-hybridized carbons (Fsp3) is 0.231. The highest BCUT2D eigenvalue weighted by molar-refractivity contribution is 5.86. The molecule has 0 unspecified atom stereocenters. The van der Waals surface area contributed by atoms with Crippen LogP contribution in [0.25, 0.3) is 10.9 Å². The van der Waals surface area contributed by atoms with E-state index in [1.807, 2.05) is 24.3 Å². The number of carboxylic acids is 1. The highest BCUT2D eigenvalue weighted by atomic mass is 16.4. The van der Waals surface area contributed by atoms with Crippen molar-refractivity contribution in [2.45, 2.75) is 19.0 Å². The molecule has 0 aliphatic carbocycles. The van der Waals surface area contributed by atoms with E-state index in [0.717, 1.165) is 16.5 Å². The van der Waals surface area contributed by atoms with Crippen LogP contribution in [0, 0.1) is 0 Å². The van der Waals surface area contributed by atoms with E-state index in [0.29, 0.717) is 0 Å². The van der Waals surface area contributed by atoms with Gasteiger partial charge in [0.05, 0.1) is 0 Å². The number of nitrogens with zero attached hydrogens (tertiary/aromatic N) is 1. The summed E-state index contributed by atoms with van der Waals surface area (Å²) in [6.45, 7) is 0.0584. The van der Waals surface area contributed by atoms with Gasteiger partial charge in [-0.1, -0.05) is 18.2 Å². The Morgan fingerprint density at radius 2 is 2.00 bits per heavy atom. The first kappa shape index (κ1) is 13.1. The Morgan fingerprint density at radius 1 is 1.32 bits per heavy atom. The molecule has 5 N–H and O–H groups in total. The van der Waals surface area contributed by atoms with Gasteiger partial charge in [0.2, 0.25) is 5.91 Å². The quantitative estimate of drug-likeness (QED) is 0.707. The fourth-order valence-corrected chi connectivity index (χ4v) is 2.11. The number of carboxylic acid groups (broad SMARTS) is 1. The van der Waals surface area contributed by atoms with Gasteiger partial charge in [0.15, 0.2) is 0 Å². The van der Waals surface area contributed by atoms with E-state index >= 15 is 0 Å². The van der Waals surface area contributed by atoms with E-state index < -0.39 is 17.9 Å². The zero-order valence-electron chi connectivity index (χ0n) is 10.2. The number of para-hydroxylation sites is 1. The summed E-state index contributed by atoms with van der Waals surface area (Å²) in [6, 6.07) is 6.46. The highest BCUT2D eigenvalue weighted by Crippen LogP contribution is 2.22. The average molecular weight is 261 g/mol. The van der Waals surface area contributed by atoms with E-state index in [4.69, 9.17) is 16.6 Å². The van der Waals surface area contributed by atoms with E-state index in [9.17, 15) is 9.59 Å². The number of hydrogen-bond donors (Lipinski definition) is 3. The molecule has 6 nitrogen and oxygen atoms in total. The number of rotatable bonds is 5. The lowest BCUT2D eigenvalue weighted by atomic mass is 10.1. The standard InChI is InChI=1S/C13H15N3O3/c14-10(13(18)19)5-8-6-16(7-12(15)17)11-4-2-1-3-9(8)11/h1-4,6,10H,5,7,14H2,(H2,15,17)(H,18,19)/t10-/m0/s1. The molecule has 1 aromatic heterocycles. The Hall–Kier alpha value is -2.34. The van der Waals surface area contributed by atoms with Crippen LogP contribution in [0.3, 0.4) is 0 Å². The van der Waals surface area contributed by atoms with Gasteiger partial charge in [-0.15, -0.1) is 0 Å². The van der Waals surface area contributed by atoms with E-state index in [1.165, 1.54) is 0 Å². The van der Waals surface area contributed by atoms with Gasteiger partial charge in [0.25, 0.3) is 0 Å². The van der Waals surface area contributed by atoms with Gasteiger partial charge in [0.1, 0.15) is 12.6 Å². The smallest absolute Gasteiger partial charge is 0.320 e. The number of primary amides is 1. The van der Waals surface area contributed by atoms with Crippen LogP contribution in [0.15, 0.2) is 30.5 Å². The van der Waals surface area contributed by atoms with E-state index in [1.54, 1.807) is 10.8 Å². The summed E-state index contributed by atoms with van der Waals surface area (Å²) in [7, 11) is 0. The zero-order chi connectivity index (χ0) is 14.0. The number of hydrogen-bond acceptors (Lipinski definition) is 3. The second-order valence-electron chi connectivity index (χ2n) is 4.41. The molecule has 1 amide bonds. The fourth-order valence-electron chi connectivity index (χ4n) is 2.11.